The van der Waals surface area contributed by atoms with Gasteiger partial charge >= 0.3 is 0 Å². The lowest BCUT2D eigenvalue weighted by atomic mass is 10.2. The van der Waals surface area contributed by atoms with E-state index in [0.717, 1.165) is 24.0 Å². The highest BCUT2D eigenvalue weighted by Crippen LogP contribution is 2.29. The van der Waals surface area contributed by atoms with Gasteiger partial charge in [-0.3, -0.25) is 4.79 Å². The van der Waals surface area contributed by atoms with E-state index in [1.54, 1.807) is 4.90 Å². The minimum absolute atomic E-state index is 0.000753. The van der Waals surface area contributed by atoms with Gasteiger partial charge in [0.25, 0.3) is 5.91 Å². The fourth-order valence-electron chi connectivity index (χ4n) is 2.84. The van der Waals surface area contributed by atoms with Crippen molar-refractivity contribution in [1.29, 1.82) is 0 Å². The number of amides is 1. The number of nitrogens with zero attached hydrogens (tertiary/aromatic N) is 3. The van der Waals surface area contributed by atoms with Gasteiger partial charge in [-0.15, -0.1) is 0 Å². The summed E-state index contributed by atoms with van der Waals surface area (Å²) in [6.07, 6.45) is 1.99. The van der Waals surface area contributed by atoms with Crippen LogP contribution in [0.5, 0.6) is 5.75 Å². The van der Waals surface area contributed by atoms with Gasteiger partial charge in [0.1, 0.15) is 12.3 Å². The fourth-order valence-corrected chi connectivity index (χ4v) is 2.84. The Hall–Kier alpha value is -3.15. The molecule has 0 bridgehead atoms. The summed E-state index contributed by atoms with van der Waals surface area (Å²) in [4.78, 5) is 18.9. The first-order chi connectivity index (χ1) is 13.2. The molecule has 0 radical (unpaired) electrons. The Balaban J connectivity index is 1.40. The van der Waals surface area contributed by atoms with E-state index >= 15 is 0 Å². The maximum Gasteiger partial charge on any atom is 0.261 e. The standard InChI is InChI=1S/C21H21N3O3/c1-15-7-11-18(12-8-15)26-14-20(25)24(17-9-10-17)13-19-22-21(23-27-19)16-5-3-2-4-6-16/h2-8,11-12,17H,9-10,13-14H2,1H3. The van der Waals surface area contributed by atoms with Gasteiger partial charge in [-0.1, -0.05) is 53.2 Å². The second kappa shape index (κ2) is 7.61. The number of rotatable bonds is 7. The second-order valence-electron chi connectivity index (χ2n) is 6.73. The minimum atomic E-state index is -0.0717. The molecule has 6 nitrogen and oxygen atoms in total. The molecule has 0 aliphatic heterocycles. The van der Waals surface area contributed by atoms with Gasteiger partial charge in [-0.25, -0.2) is 0 Å². The summed E-state index contributed by atoms with van der Waals surface area (Å²) in [5.41, 5.74) is 2.04. The molecule has 1 aliphatic rings. The van der Waals surface area contributed by atoms with Crippen molar-refractivity contribution in [3.63, 3.8) is 0 Å². The highest BCUT2D eigenvalue weighted by atomic mass is 16.5. The van der Waals surface area contributed by atoms with Gasteiger partial charge in [0.2, 0.25) is 11.7 Å². The van der Waals surface area contributed by atoms with E-state index in [1.807, 2.05) is 61.5 Å². The average Bonchev–Trinajstić information content (AvgIpc) is 3.43. The van der Waals surface area contributed by atoms with Crippen molar-refractivity contribution in [2.24, 2.45) is 0 Å². The van der Waals surface area contributed by atoms with E-state index in [4.69, 9.17) is 9.26 Å². The molecule has 1 saturated carbocycles. The number of carbonyl (C=O) groups is 1. The zero-order valence-corrected chi connectivity index (χ0v) is 15.2. The van der Waals surface area contributed by atoms with Crippen LogP contribution in [0, 0.1) is 6.92 Å². The fraction of sp³-hybridized carbons (Fsp3) is 0.286. The highest BCUT2D eigenvalue weighted by Gasteiger charge is 2.34. The van der Waals surface area contributed by atoms with Crippen LogP contribution >= 0.6 is 0 Å². The molecule has 1 heterocycles. The zero-order chi connectivity index (χ0) is 18.6. The Labute approximate surface area is 157 Å². The number of ether oxygens (including phenoxy) is 1. The van der Waals surface area contributed by atoms with Gasteiger partial charge in [0.05, 0.1) is 0 Å². The van der Waals surface area contributed by atoms with E-state index in [9.17, 15) is 4.79 Å². The molecular weight excluding hydrogens is 342 g/mol. The Kier molecular flexibility index (Phi) is 4.87. The summed E-state index contributed by atoms with van der Waals surface area (Å²) in [6.45, 7) is 2.32. The third-order valence-electron chi connectivity index (χ3n) is 4.50. The van der Waals surface area contributed by atoms with E-state index < -0.39 is 0 Å². The maximum atomic E-state index is 12.7. The molecule has 0 N–H and O–H groups in total. The molecule has 4 rings (SSSR count). The number of hydrogen-bond acceptors (Lipinski definition) is 5. The average molecular weight is 363 g/mol. The molecular formula is C21H21N3O3. The van der Waals surface area contributed by atoms with Crippen molar-refractivity contribution < 1.29 is 14.1 Å². The summed E-state index contributed by atoms with van der Waals surface area (Å²) < 4.78 is 11.0. The van der Waals surface area contributed by atoms with Crippen LogP contribution in [0.1, 0.15) is 24.3 Å². The lowest BCUT2D eigenvalue weighted by Gasteiger charge is -2.20. The second-order valence-corrected chi connectivity index (χ2v) is 6.73. The number of hydrogen-bond donors (Lipinski definition) is 0. The quantitative estimate of drug-likeness (QED) is 0.641. The predicted octanol–water partition coefficient (Wildman–Crippen LogP) is 3.62. The minimum Gasteiger partial charge on any atom is -0.484 e. The van der Waals surface area contributed by atoms with Crippen molar-refractivity contribution in [1.82, 2.24) is 15.0 Å². The Morgan fingerprint density at radius 2 is 1.89 bits per heavy atom. The molecule has 0 unspecified atom stereocenters. The molecule has 1 aromatic heterocycles. The summed E-state index contributed by atoms with van der Waals surface area (Å²) in [5, 5.41) is 4.03. The molecule has 27 heavy (non-hydrogen) atoms. The van der Waals surface area contributed by atoms with E-state index in [0.29, 0.717) is 24.0 Å². The topological polar surface area (TPSA) is 68.5 Å². The molecule has 0 spiro atoms. The Bertz CT molecular complexity index is 902. The lowest BCUT2D eigenvalue weighted by molar-refractivity contribution is -0.135. The molecule has 1 aliphatic carbocycles. The van der Waals surface area contributed by atoms with Gasteiger partial charge in [-0.2, -0.15) is 4.98 Å². The monoisotopic (exact) mass is 363 g/mol. The zero-order valence-electron chi connectivity index (χ0n) is 15.2. The van der Waals surface area contributed by atoms with Crippen molar-refractivity contribution in [2.75, 3.05) is 6.61 Å². The van der Waals surface area contributed by atoms with E-state index in [-0.39, 0.29) is 18.6 Å². The predicted molar refractivity (Wildman–Crippen MR) is 100.0 cm³/mol. The largest absolute Gasteiger partial charge is 0.484 e. The van der Waals surface area contributed by atoms with Crippen LogP contribution < -0.4 is 4.74 Å². The summed E-state index contributed by atoms with van der Waals surface area (Å²) in [7, 11) is 0. The van der Waals surface area contributed by atoms with Crippen LogP contribution in [0.15, 0.2) is 59.1 Å². The number of aromatic nitrogens is 2. The number of carbonyl (C=O) groups excluding carboxylic acids is 1. The molecule has 1 amide bonds. The van der Waals surface area contributed by atoms with Gasteiger partial charge in [-0.05, 0) is 31.9 Å². The summed E-state index contributed by atoms with van der Waals surface area (Å²) >= 11 is 0. The number of aryl methyl sites for hydroxylation is 1. The first kappa shape index (κ1) is 17.3. The van der Waals surface area contributed by atoms with Crippen molar-refractivity contribution in [2.45, 2.75) is 32.4 Å². The van der Waals surface area contributed by atoms with Crippen LogP contribution in [0.2, 0.25) is 0 Å². The van der Waals surface area contributed by atoms with Crippen LogP contribution in [-0.4, -0.2) is 33.6 Å². The van der Waals surface area contributed by atoms with Crippen molar-refractivity contribution >= 4 is 5.91 Å². The lowest BCUT2D eigenvalue weighted by Crippen LogP contribution is -2.36. The first-order valence-electron chi connectivity index (χ1n) is 9.06. The normalized spacial score (nSPS) is 13.4. The first-order valence-corrected chi connectivity index (χ1v) is 9.06. The van der Waals surface area contributed by atoms with Crippen LogP contribution in [0.3, 0.4) is 0 Å². The van der Waals surface area contributed by atoms with Crippen LogP contribution in [0.4, 0.5) is 0 Å². The smallest absolute Gasteiger partial charge is 0.261 e. The SMILES string of the molecule is Cc1ccc(OCC(=O)N(Cc2nc(-c3ccccc3)no2)C2CC2)cc1. The molecule has 3 aromatic rings. The van der Waals surface area contributed by atoms with Crippen molar-refractivity contribution in [3.05, 3.63) is 66.1 Å². The van der Waals surface area contributed by atoms with Crippen molar-refractivity contribution in [3.8, 4) is 17.1 Å². The third kappa shape index (κ3) is 4.34. The molecule has 0 atom stereocenters. The van der Waals surface area contributed by atoms with E-state index in [1.165, 1.54) is 0 Å². The van der Waals surface area contributed by atoms with Gasteiger partial charge in [0, 0.05) is 11.6 Å². The summed E-state index contributed by atoms with van der Waals surface area (Å²) in [6, 6.07) is 17.5. The van der Waals surface area contributed by atoms with Crippen LogP contribution in [0.25, 0.3) is 11.4 Å². The molecule has 1 fully saturated rings. The maximum absolute atomic E-state index is 12.7. The molecule has 138 valence electrons. The summed E-state index contributed by atoms with van der Waals surface area (Å²) in [5.74, 6) is 1.58. The Morgan fingerprint density at radius 1 is 1.15 bits per heavy atom. The molecule has 6 heteroatoms. The van der Waals surface area contributed by atoms with Gasteiger partial charge in [0.15, 0.2) is 6.61 Å². The number of benzene rings is 2. The molecule has 0 saturated heterocycles. The molecule has 2 aromatic carbocycles. The Morgan fingerprint density at radius 3 is 2.59 bits per heavy atom. The third-order valence-corrected chi connectivity index (χ3v) is 4.50. The van der Waals surface area contributed by atoms with Crippen LogP contribution in [-0.2, 0) is 11.3 Å². The van der Waals surface area contributed by atoms with E-state index in [2.05, 4.69) is 10.1 Å². The van der Waals surface area contributed by atoms with Gasteiger partial charge < -0.3 is 14.2 Å². The highest BCUT2D eigenvalue weighted by molar-refractivity contribution is 5.78.